The van der Waals surface area contributed by atoms with Crippen LogP contribution in [0.25, 0.3) is 10.9 Å². The fraction of sp³-hybridized carbons (Fsp3) is 0.333. The number of carboxylic acid groups (broad SMARTS) is 1. The summed E-state index contributed by atoms with van der Waals surface area (Å²) in [5.41, 5.74) is 1.74. The van der Waals surface area contributed by atoms with Gasteiger partial charge in [0.25, 0.3) is 0 Å². The van der Waals surface area contributed by atoms with Gasteiger partial charge in [0.1, 0.15) is 5.56 Å². The Kier molecular flexibility index (Phi) is 4.55. The van der Waals surface area contributed by atoms with Crippen LogP contribution in [0.2, 0.25) is 0 Å². The molecule has 2 heterocycles. The summed E-state index contributed by atoms with van der Waals surface area (Å²) in [5.74, 6) is 2.55. The van der Waals surface area contributed by atoms with Gasteiger partial charge in [0, 0.05) is 40.6 Å². The number of anilines is 1. The number of para-hydroxylation sites is 1. The number of rotatable bonds is 4. The van der Waals surface area contributed by atoms with E-state index in [1.165, 1.54) is 17.7 Å². The number of hydrogen-bond acceptors (Lipinski definition) is 5. The fourth-order valence-electron chi connectivity index (χ4n) is 2.36. The molecule has 3 rings (SSSR count). The maximum absolute atomic E-state index is 11.4. The lowest BCUT2D eigenvalue weighted by Gasteiger charge is -2.22. The average Bonchev–Trinajstić information content (AvgIpc) is 2.53. The maximum Gasteiger partial charge on any atom is 0.339 e. The van der Waals surface area contributed by atoms with E-state index in [0.29, 0.717) is 10.9 Å². The Morgan fingerprint density at radius 3 is 3.00 bits per heavy atom. The minimum absolute atomic E-state index is 0.238. The summed E-state index contributed by atoms with van der Waals surface area (Å²) < 4.78 is 0. The second-order valence-corrected chi connectivity index (χ2v) is 7.38. The molecule has 2 aromatic rings. The topological polar surface area (TPSA) is 62.2 Å². The maximum atomic E-state index is 11.4. The third-order valence-corrected chi connectivity index (χ3v) is 6.24. The van der Waals surface area contributed by atoms with E-state index in [2.05, 4.69) is 10.3 Å². The highest BCUT2D eigenvalue weighted by Crippen LogP contribution is 2.28. The zero-order valence-corrected chi connectivity index (χ0v) is 13.0. The Hall–Kier alpha value is -1.40. The largest absolute Gasteiger partial charge is 0.478 e. The molecule has 6 heteroatoms. The number of nitrogens with zero attached hydrogens (tertiary/aromatic N) is 1. The number of carbonyl (C=O) groups is 1. The van der Waals surface area contributed by atoms with Crippen LogP contribution >= 0.6 is 23.5 Å². The van der Waals surface area contributed by atoms with Gasteiger partial charge < -0.3 is 10.4 Å². The molecule has 110 valence electrons. The Balaban J connectivity index is 1.90. The number of carboxylic acids is 1. The number of nitrogens with one attached hydrogen (secondary N) is 1. The number of aromatic nitrogens is 1. The van der Waals surface area contributed by atoms with Crippen LogP contribution in [0.5, 0.6) is 0 Å². The minimum Gasteiger partial charge on any atom is -0.478 e. The van der Waals surface area contributed by atoms with E-state index in [-0.39, 0.29) is 5.56 Å². The van der Waals surface area contributed by atoms with Crippen molar-refractivity contribution in [3.63, 3.8) is 0 Å². The summed E-state index contributed by atoms with van der Waals surface area (Å²) in [6, 6.07) is 7.64. The Morgan fingerprint density at radius 2 is 2.24 bits per heavy atom. The lowest BCUT2D eigenvalue weighted by atomic mass is 10.1. The van der Waals surface area contributed by atoms with Crippen LogP contribution in [0.15, 0.2) is 30.5 Å². The van der Waals surface area contributed by atoms with E-state index in [1.807, 2.05) is 47.8 Å². The first-order valence-electron chi connectivity index (χ1n) is 6.80. The van der Waals surface area contributed by atoms with Crippen molar-refractivity contribution >= 4 is 46.1 Å². The van der Waals surface area contributed by atoms with Crippen LogP contribution in [-0.4, -0.2) is 45.1 Å². The molecule has 0 aliphatic carbocycles. The Bertz CT molecular complexity index is 657. The monoisotopic (exact) mass is 320 g/mol. The Labute approximate surface area is 131 Å². The second kappa shape index (κ2) is 6.58. The molecule has 1 aromatic heterocycles. The van der Waals surface area contributed by atoms with Crippen molar-refractivity contribution in [2.45, 2.75) is 5.25 Å². The van der Waals surface area contributed by atoms with E-state index in [9.17, 15) is 9.90 Å². The zero-order valence-electron chi connectivity index (χ0n) is 11.4. The first-order valence-corrected chi connectivity index (χ1v) is 9.00. The third-order valence-electron chi connectivity index (χ3n) is 3.40. The van der Waals surface area contributed by atoms with Gasteiger partial charge in [0.2, 0.25) is 0 Å². The smallest absolute Gasteiger partial charge is 0.339 e. The van der Waals surface area contributed by atoms with Crippen LogP contribution in [0, 0.1) is 0 Å². The normalized spacial score (nSPS) is 18.6. The average molecular weight is 320 g/mol. The van der Waals surface area contributed by atoms with Crippen molar-refractivity contribution in [3.8, 4) is 0 Å². The standard InChI is InChI=1S/C15H16N2O2S2/c18-15(19)12-8-16-13-4-2-1-3-11(13)14(12)17-7-10-9-20-5-6-21-10/h1-4,8,10H,5-7,9H2,(H,16,17)(H,18,19). The molecule has 0 radical (unpaired) electrons. The van der Waals surface area contributed by atoms with Crippen LogP contribution in [0.3, 0.4) is 0 Å². The molecule has 4 nitrogen and oxygen atoms in total. The number of fused-ring (bicyclic) bond motifs is 1. The van der Waals surface area contributed by atoms with Gasteiger partial charge in [-0.15, -0.1) is 0 Å². The number of hydrogen-bond donors (Lipinski definition) is 2. The summed E-state index contributed by atoms with van der Waals surface area (Å²) in [6.07, 6.45) is 1.44. The molecular weight excluding hydrogens is 304 g/mol. The first kappa shape index (κ1) is 14.5. The molecular formula is C15H16N2O2S2. The number of aromatic carboxylic acids is 1. The highest BCUT2D eigenvalue weighted by Gasteiger charge is 2.18. The fourth-order valence-corrected chi connectivity index (χ4v) is 4.98. The van der Waals surface area contributed by atoms with Gasteiger partial charge in [-0.3, -0.25) is 4.98 Å². The molecule has 0 bridgehead atoms. The van der Waals surface area contributed by atoms with Crippen LogP contribution in [0.1, 0.15) is 10.4 Å². The molecule has 0 amide bonds. The van der Waals surface area contributed by atoms with Crippen LogP contribution in [0.4, 0.5) is 5.69 Å². The number of benzene rings is 1. The molecule has 1 aliphatic heterocycles. The highest BCUT2D eigenvalue weighted by molar-refractivity contribution is 8.06. The zero-order chi connectivity index (χ0) is 14.7. The van der Waals surface area contributed by atoms with Crippen molar-refractivity contribution in [1.82, 2.24) is 4.98 Å². The Morgan fingerprint density at radius 1 is 1.38 bits per heavy atom. The van der Waals surface area contributed by atoms with Crippen molar-refractivity contribution in [2.24, 2.45) is 0 Å². The van der Waals surface area contributed by atoms with Crippen LogP contribution in [-0.2, 0) is 0 Å². The van der Waals surface area contributed by atoms with Gasteiger partial charge in [0.05, 0.1) is 11.2 Å². The predicted octanol–water partition coefficient (Wildman–Crippen LogP) is 3.19. The summed E-state index contributed by atoms with van der Waals surface area (Å²) in [4.78, 5) is 15.7. The van der Waals surface area contributed by atoms with E-state index in [0.717, 1.165) is 23.2 Å². The molecule has 1 aliphatic rings. The molecule has 1 unspecified atom stereocenters. The summed E-state index contributed by atoms with van der Waals surface area (Å²) in [7, 11) is 0. The van der Waals surface area contributed by atoms with E-state index in [4.69, 9.17) is 0 Å². The summed E-state index contributed by atoms with van der Waals surface area (Å²) in [6.45, 7) is 0.784. The lowest BCUT2D eigenvalue weighted by molar-refractivity contribution is 0.0697. The molecule has 21 heavy (non-hydrogen) atoms. The molecule has 0 spiro atoms. The van der Waals surface area contributed by atoms with E-state index >= 15 is 0 Å². The number of pyridine rings is 1. The minimum atomic E-state index is -0.943. The molecule has 1 atom stereocenters. The van der Waals surface area contributed by atoms with Gasteiger partial charge in [-0.1, -0.05) is 18.2 Å². The van der Waals surface area contributed by atoms with Crippen molar-refractivity contribution in [3.05, 3.63) is 36.0 Å². The van der Waals surface area contributed by atoms with E-state index < -0.39 is 5.97 Å². The van der Waals surface area contributed by atoms with Crippen molar-refractivity contribution < 1.29 is 9.90 Å². The van der Waals surface area contributed by atoms with Gasteiger partial charge in [-0.2, -0.15) is 23.5 Å². The van der Waals surface area contributed by atoms with Crippen molar-refractivity contribution in [2.75, 3.05) is 29.1 Å². The molecule has 0 saturated carbocycles. The second-order valence-electron chi connectivity index (χ2n) is 4.82. The SMILES string of the molecule is O=C(O)c1cnc2ccccc2c1NCC1CSCCS1. The van der Waals surface area contributed by atoms with E-state index in [1.54, 1.807) is 0 Å². The molecule has 1 saturated heterocycles. The molecule has 1 aromatic carbocycles. The van der Waals surface area contributed by atoms with Gasteiger partial charge in [-0.05, 0) is 6.07 Å². The van der Waals surface area contributed by atoms with Gasteiger partial charge >= 0.3 is 5.97 Å². The molecule has 2 N–H and O–H groups in total. The predicted molar refractivity (Wildman–Crippen MR) is 90.8 cm³/mol. The van der Waals surface area contributed by atoms with Crippen molar-refractivity contribution in [1.29, 1.82) is 0 Å². The third kappa shape index (κ3) is 3.27. The molecule has 1 fully saturated rings. The first-order chi connectivity index (χ1) is 10.3. The van der Waals surface area contributed by atoms with Gasteiger partial charge in [0.15, 0.2) is 0 Å². The lowest BCUT2D eigenvalue weighted by Crippen LogP contribution is -2.24. The summed E-state index contributed by atoms with van der Waals surface area (Å²) >= 11 is 3.92. The quantitative estimate of drug-likeness (QED) is 0.902. The highest BCUT2D eigenvalue weighted by atomic mass is 32.2. The summed E-state index contributed by atoms with van der Waals surface area (Å²) in [5, 5.41) is 14.1. The van der Waals surface area contributed by atoms with Crippen LogP contribution < -0.4 is 5.32 Å². The number of thioether (sulfide) groups is 2. The van der Waals surface area contributed by atoms with Gasteiger partial charge in [-0.25, -0.2) is 4.79 Å².